The van der Waals surface area contributed by atoms with Gasteiger partial charge >= 0.3 is 8.56 Å². The Morgan fingerprint density at radius 1 is 0.909 bits per heavy atom. The molecule has 0 radical (unpaired) electrons. The van der Waals surface area contributed by atoms with E-state index in [0.29, 0.717) is 13.2 Å². The molecule has 0 aromatic heterocycles. The Morgan fingerprint density at radius 2 is 1.50 bits per heavy atom. The Kier molecular flexibility index (Phi) is 6.58. The summed E-state index contributed by atoms with van der Waals surface area (Å²) in [5.74, 6) is 0. The van der Waals surface area contributed by atoms with Crippen LogP contribution in [0.3, 0.4) is 0 Å². The van der Waals surface area contributed by atoms with Gasteiger partial charge in [0.15, 0.2) is 0 Å². The Hall–Kier alpha value is -1.20. The van der Waals surface area contributed by atoms with Crippen molar-refractivity contribution in [2.24, 2.45) is 0 Å². The van der Waals surface area contributed by atoms with Crippen molar-refractivity contribution >= 4 is 35.8 Å². The topological polar surface area (TPSA) is 18.5 Å². The molecule has 4 heteroatoms. The van der Waals surface area contributed by atoms with Gasteiger partial charge in [-0.15, -0.1) is 0 Å². The third-order valence-corrected chi connectivity index (χ3v) is 6.97. The highest BCUT2D eigenvalue weighted by Crippen LogP contribution is 2.16. The van der Waals surface area contributed by atoms with Gasteiger partial charge in [0.05, 0.1) is 0 Å². The van der Waals surface area contributed by atoms with Crippen LogP contribution in [0.2, 0.25) is 0 Å². The third kappa shape index (κ3) is 4.40. The van der Waals surface area contributed by atoms with Gasteiger partial charge in [-0.2, -0.15) is 0 Å². The van der Waals surface area contributed by atoms with Gasteiger partial charge in [0.2, 0.25) is 0 Å². The van der Waals surface area contributed by atoms with Gasteiger partial charge < -0.3 is 8.85 Å². The minimum atomic E-state index is -2.56. The first-order valence-corrected chi connectivity index (χ1v) is 10.2. The van der Waals surface area contributed by atoms with Crippen molar-refractivity contribution in [2.75, 3.05) is 13.2 Å². The summed E-state index contributed by atoms with van der Waals surface area (Å²) in [6.07, 6.45) is 2.09. The van der Waals surface area contributed by atoms with Crippen LogP contribution in [0.4, 0.5) is 0 Å². The van der Waals surface area contributed by atoms with Crippen molar-refractivity contribution in [3.63, 3.8) is 0 Å². The molecule has 0 fully saturated rings. The SMILES string of the molecule is CCO[Si](/C=C/c1ccc(Br)cc1)(OCC)c1ccccc1. The minimum Gasteiger partial charge on any atom is -0.388 e. The van der Waals surface area contributed by atoms with Gasteiger partial charge in [-0.25, -0.2) is 0 Å². The molecule has 0 aliphatic heterocycles. The fourth-order valence-corrected chi connectivity index (χ4v) is 5.27. The van der Waals surface area contributed by atoms with Crippen LogP contribution in [0.25, 0.3) is 6.08 Å². The highest BCUT2D eigenvalue weighted by Gasteiger charge is 2.36. The van der Waals surface area contributed by atoms with Crippen molar-refractivity contribution in [3.8, 4) is 0 Å². The van der Waals surface area contributed by atoms with E-state index < -0.39 is 8.56 Å². The average Bonchev–Trinajstić information content (AvgIpc) is 2.55. The van der Waals surface area contributed by atoms with Crippen LogP contribution < -0.4 is 5.19 Å². The molecule has 116 valence electrons. The summed E-state index contributed by atoms with van der Waals surface area (Å²) in [7, 11) is -2.56. The van der Waals surface area contributed by atoms with Gasteiger partial charge in [-0.3, -0.25) is 0 Å². The lowest BCUT2D eigenvalue weighted by Crippen LogP contribution is -2.52. The normalized spacial score (nSPS) is 12.0. The molecule has 2 aromatic rings. The number of halogens is 1. The minimum absolute atomic E-state index is 0.631. The highest BCUT2D eigenvalue weighted by atomic mass is 79.9. The van der Waals surface area contributed by atoms with Crippen LogP contribution in [0.1, 0.15) is 19.4 Å². The molecule has 0 N–H and O–H groups in total. The fraction of sp³-hybridized carbons (Fsp3) is 0.222. The maximum absolute atomic E-state index is 6.12. The molecule has 2 rings (SSSR count). The zero-order chi connectivity index (χ0) is 15.8. The van der Waals surface area contributed by atoms with Crippen LogP contribution in [-0.2, 0) is 8.85 Å². The number of benzene rings is 2. The van der Waals surface area contributed by atoms with E-state index in [0.717, 1.165) is 15.2 Å². The number of rotatable bonds is 7. The Balaban J connectivity index is 2.36. The van der Waals surface area contributed by atoms with Crippen molar-refractivity contribution in [1.82, 2.24) is 0 Å². The molecule has 0 aliphatic rings. The maximum Gasteiger partial charge on any atom is 0.399 e. The second-order valence-corrected chi connectivity index (χ2v) is 8.52. The van der Waals surface area contributed by atoms with E-state index in [1.54, 1.807) is 0 Å². The molecule has 0 spiro atoms. The summed E-state index contributed by atoms with van der Waals surface area (Å²) in [6.45, 7) is 5.28. The van der Waals surface area contributed by atoms with Gasteiger partial charge in [0, 0.05) is 17.7 Å². The fourth-order valence-electron chi connectivity index (χ4n) is 2.28. The highest BCUT2D eigenvalue weighted by molar-refractivity contribution is 9.10. The molecule has 0 heterocycles. The summed E-state index contributed by atoms with van der Waals surface area (Å²) in [6, 6.07) is 18.5. The molecule has 0 saturated carbocycles. The quantitative estimate of drug-likeness (QED) is 0.665. The lowest BCUT2D eigenvalue weighted by atomic mass is 10.2. The van der Waals surface area contributed by atoms with Crippen LogP contribution >= 0.6 is 15.9 Å². The van der Waals surface area contributed by atoms with E-state index >= 15 is 0 Å². The maximum atomic E-state index is 6.12. The van der Waals surface area contributed by atoms with E-state index in [2.05, 4.69) is 52.0 Å². The number of hydrogen-bond acceptors (Lipinski definition) is 2. The van der Waals surface area contributed by atoms with Gasteiger partial charge in [0.25, 0.3) is 0 Å². The zero-order valence-corrected chi connectivity index (χ0v) is 15.5. The molecule has 0 unspecified atom stereocenters. The Bertz CT molecular complexity index is 590. The Labute approximate surface area is 142 Å². The van der Waals surface area contributed by atoms with Gasteiger partial charge in [0.1, 0.15) is 0 Å². The van der Waals surface area contributed by atoms with E-state index in [1.807, 2.05) is 44.2 Å². The van der Waals surface area contributed by atoms with Crippen LogP contribution in [0, 0.1) is 0 Å². The number of hydrogen-bond donors (Lipinski definition) is 0. The molecule has 2 aromatic carbocycles. The molecule has 0 bridgehead atoms. The Morgan fingerprint density at radius 3 is 2.05 bits per heavy atom. The lowest BCUT2D eigenvalue weighted by Gasteiger charge is -2.27. The van der Waals surface area contributed by atoms with Crippen molar-refractivity contribution in [3.05, 3.63) is 70.3 Å². The standard InChI is InChI=1S/C18H21BrO2Si/c1-3-20-22(21-4-2,18-8-6-5-7-9-18)15-14-16-10-12-17(19)13-11-16/h5-15H,3-4H2,1-2H3/b15-14+. The molecule has 0 atom stereocenters. The van der Waals surface area contributed by atoms with Crippen LogP contribution in [0.5, 0.6) is 0 Å². The predicted octanol–water partition coefficient (Wildman–Crippen LogP) is 4.42. The summed E-state index contributed by atoms with van der Waals surface area (Å²) < 4.78 is 13.3. The van der Waals surface area contributed by atoms with Gasteiger partial charge in [-0.05, 0) is 42.4 Å². The first-order chi connectivity index (χ1) is 10.7. The average molecular weight is 377 g/mol. The van der Waals surface area contributed by atoms with E-state index in [1.165, 1.54) is 0 Å². The largest absolute Gasteiger partial charge is 0.399 e. The first kappa shape index (κ1) is 17.2. The zero-order valence-electron chi connectivity index (χ0n) is 13.0. The van der Waals surface area contributed by atoms with Crippen molar-refractivity contribution < 1.29 is 8.85 Å². The monoisotopic (exact) mass is 376 g/mol. The van der Waals surface area contributed by atoms with E-state index in [9.17, 15) is 0 Å². The summed E-state index contributed by atoms with van der Waals surface area (Å²) in [4.78, 5) is 0. The first-order valence-electron chi connectivity index (χ1n) is 7.48. The molecule has 0 amide bonds. The molecular weight excluding hydrogens is 356 g/mol. The smallest absolute Gasteiger partial charge is 0.388 e. The molecular formula is C18H21BrO2Si. The van der Waals surface area contributed by atoms with Crippen molar-refractivity contribution in [1.29, 1.82) is 0 Å². The lowest BCUT2D eigenvalue weighted by molar-refractivity contribution is 0.207. The van der Waals surface area contributed by atoms with Crippen LogP contribution in [-0.4, -0.2) is 21.8 Å². The van der Waals surface area contributed by atoms with E-state index in [4.69, 9.17) is 8.85 Å². The summed E-state index contributed by atoms with van der Waals surface area (Å²) in [5.41, 5.74) is 3.26. The molecule has 2 nitrogen and oxygen atoms in total. The third-order valence-electron chi connectivity index (χ3n) is 3.26. The predicted molar refractivity (Wildman–Crippen MR) is 98.3 cm³/mol. The summed E-state index contributed by atoms with van der Waals surface area (Å²) in [5, 5.41) is 1.13. The molecule has 0 saturated heterocycles. The van der Waals surface area contributed by atoms with E-state index in [-0.39, 0.29) is 0 Å². The second-order valence-electron chi connectivity index (χ2n) is 4.78. The van der Waals surface area contributed by atoms with Gasteiger partial charge in [-0.1, -0.05) is 64.5 Å². The van der Waals surface area contributed by atoms with Crippen LogP contribution in [0.15, 0.2) is 64.8 Å². The van der Waals surface area contributed by atoms with Crippen molar-refractivity contribution in [2.45, 2.75) is 13.8 Å². The second kappa shape index (κ2) is 8.43. The molecule has 0 aliphatic carbocycles. The molecule has 22 heavy (non-hydrogen) atoms. The summed E-state index contributed by atoms with van der Waals surface area (Å²) >= 11 is 3.46.